The minimum Gasteiger partial charge on any atom is -0.373 e. The van der Waals surface area contributed by atoms with Gasteiger partial charge in [-0.3, -0.25) is 4.90 Å². The molecule has 3 nitrogen and oxygen atoms in total. The van der Waals surface area contributed by atoms with E-state index >= 15 is 0 Å². The van der Waals surface area contributed by atoms with Gasteiger partial charge >= 0.3 is 0 Å². The highest BCUT2D eigenvalue weighted by Gasteiger charge is 2.22. The fraction of sp³-hybridized carbons (Fsp3) is 0.647. The number of nitrogens with zero attached hydrogens (tertiary/aromatic N) is 1. The first kappa shape index (κ1) is 15.5. The molecular formula is C17H28N2O. The van der Waals surface area contributed by atoms with Gasteiger partial charge in [-0.2, -0.15) is 0 Å². The smallest absolute Gasteiger partial charge is 0.0678 e. The second-order valence-corrected chi connectivity index (χ2v) is 6.26. The van der Waals surface area contributed by atoms with Crippen LogP contribution in [-0.2, 0) is 17.8 Å². The number of rotatable bonds is 5. The van der Waals surface area contributed by atoms with Gasteiger partial charge in [0.2, 0.25) is 0 Å². The summed E-state index contributed by atoms with van der Waals surface area (Å²) in [6.45, 7) is 12.7. The molecule has 1 aromatic carbocycles. The summed E-state index contributed by atoms with van der Waals surface area (Å²) in [5, 5.41) is 3.51. The monoisotopic (exact) mass is 276 g/mol. The van der Waals surface area contributed by atoms with Gasteiger partial charge in [-0.1, -0.05) is 38.1 Å². The summed E-state index contributed by atoms with van der Waals surface area (Å²) in [6, 6.07) is 9.28. The van der Waals surface area contributed by atoms with E-state index in [9.17, 15) is 0 Å². The quantitative estimate of drug-likeness (QED) is 0.895. The summed E-state index contributed by atoms with van der Waals surface area (Å²) >= 11 is 0. The van der Waals surface area contributed by atoms with Gasteiger partial charge in [0.25, 0.3) is 0 Å². The van der Waals surface area contributed by atoms with E-state index in [1.165, 1.54) is 11.1 Å². The van der Waals surface area contributed by atoms with Crippen molar-refractivity contribution in [1.82, 2.24) is 10.2 Å². The van der Waals surface area contributed by atoms with Crippen molar-refractivity contribution in [2.24, 2.45) is 0 Å². The highest BCUT2D eigenvalue weighted by molar-refractivity contribution is 5.27. The molecule has 1 aromatic rings. The van der Waals surface area contributed by atoms with Crippen molar-refractivity contribution in [3.63, 3.8) is 0 Å². The van der Waals surface area contributed by atoms with E-state index in [1.807, 2.05) is 0 Å². The normalized spacial score (nSPS) is 24.2. The number of ether oxygens (including phenoxy) is 1. The molecule has 112 valence electrons. The van der Waals surface area contributed by atoms with Crippen molar-refractivity contribution >= 4 is 0 Å². The first-order chi connectivity index (χ1) is 9.54. The third-order valence-corrected chi connectivity index (χ3v) is 3.71. The Hall–Kier alpha value is -0.900. The van der Waals surface area contributed by atoms with E-state index in [0.717, 1.165) is 26.2 Å². The van der Waals surface area contributed by atoms with Crippen molar-refractivity contribution in [3.8, 4) is 0 Å². The van der Waals surface area contributed by atoms with Crippen molar-refractivity contribution in [1.29, 1.82) is 0 Å². The van der Waals surface area contributed by atoms with Gasteiger partial charge in [0.05, 0.1) is 12.2 Å². The zero-order valence-electron chi connectivity index (χ0n) is 13.2. The van der Waals surface area contributed by atoms with Gasteiger partial charge in [0.1, 0.15) is 0 Å². The standard InChI is InChI=1S/C17H28N2O/c1-13(2)18-9-16-7-5-6-8-17(16)12-19-10-14(3)20-15(4)11-19/h5-8,13-15,18H,9-12H2,1-4H3. The van der Waals surface area contributed by atoms with Crippen LogP contribution in [0.3, 0.4) is 0 Å². The second kappa shape index (κ2) is 7.21. The van der Waals surface area contributed by atoms with Crippen LogP contribution in [0, 0.1) is 0 Å². The summed E-state index contributed by atoms with van der Waals surface area (Å²) in [7, 11) is 0. The molecule has 1 aliphatic heterocycles. The van der Waals surface area contributed by atoms with Crippen LogP contribution < -0.4 is 5.32 Å². The van der Waals surface area contributed by atoms with Gasteiger partial charge in [-0.05, 0) is 25.0 Å². The predicted octanol–water partition coefficient (Wildman–Crippen LogP) is 2.79. The van der Waals surface area contributed by atoms with Crippen LogP contribution in [0.2, 0.25) is 0 Å². The number of benzene rings is 1. The molecule has 0 saturated carbocycles. The summed E-state index contributed by atoms with van der Waals surface area (Å²) in [6.07, 6.45) is 0.666. The molecule has 1 N–H and O–H groups in total. The van der Waals surface area contributed by atoms with Crippen molar-refractivity contribution in [2.45, 2.75) is 59.0 Å². The number of nitrogens with one attached hydrogen (secondary N) is 1. The van der Waals surface area contributed by atoms with Crippen molar-refractivity contribution in [3.05, 3.63) is 35.4 Å². The third-order valence-electron chi connectivity index (χ3n) is 3.71. The minimum atomic E-state index is 0.333. The lowest BCUT2D eigenvalue weighted by atomic mass is 10.1. The number of hydrogen-bond acceptors (Lipinski definition) is 3. The van der Waals surface area contributed by atoms with Crippen molar-refractivity contribution < 1.29 is 4.74 Å². The molecule has 2 atom stereocenters. The van der Waals surface area contributed by atoms with Crippen LogP contribution in [0.5, 0.6) is 0 Å². The van der Waals surface area contributed by atoms with Crippen molar-refractivity contribution in [2.75, 3.05) is 13.1 Å². The Bertz CT molecular complexity index is 409. The first-order valence-electron chi connectivity index (χ1n) is 7.72. The average Bonchev–Trinajstić information content (AvgIpc) is 2.36. The molecule has 0 spiro atoms. The largest absolute Gasteiger partial charge is 0.373 e. The van der Waals surface area contributed by atoms with Crippen LogP contribution in [0.4, 0.5) is 0 Å². The van der Waals surface area contributed by atoms with Crippen LogP contribution in [0.1, 0.15) is 38.8 Å². The fourth-order valence-corrected chi connectivity index (χ4v) is 2.85. The van der Waals surface area contributed by atoms with Gasteiger partial charge < -0.3 is 10.1 Å². The molecule has 0 amide bonds. The van der Waals surface area contributed by atoms with Gasteiger partial charge in [0.15, 0.2) is 0 Å². The molecule has 0 aliphatic carbocycles. The Morgan fingerprint density at radius 2 is 1.75 bits per heavy atom. The lowest BCUT2D eigenvalue weighted by Crippen LogP contribution is -2.45. The first-order valence-corrected chi connectivity index (χ1v) is 7.72. The molecule has 1 fully saturated rings. The summed E-state index contributed by atoms with van der Waals surface area (Å²) in [5.41, 5.74) is 2.84. The fourth-order valence-electron chi connectivity index (χ4n) is 2.85. The van der Waals surface area contributed by atoms with E-state index < -0.39 is 0 Å². The maximum Gasteiger partial charge on any atom is 0.0678 e. The minimum absolute atomic E-state index is 0.333. The third kappa shape index (κ3) is 4.58. The molecule has 20 heavy (non-hydrogen) atoms. The van der Waals surface area contributed by atoms with Gasteiger partial charge in [-0.15, -0.1) is 0 Å². The molecule has 1 saturated heterocycles. The Morgan fingerprint density at radius 1 is 1.15 bits per heavy atom. The molecule has 2 unspecified atom stereocenters. The Morgan fingerprint density at radius 3 is 2.35 bits per heavy atom. The molecule has 3 heteroatoms. The van der Waals surface area contributed by atoms with Crippen LogP contribution in [0.15, 0.2) is 24.3 Å². The molecule has 0 aromatic heterocycles. The summed E-state index contributed by atoms with van der Waals surface area (Å²) in [4.78, 5) is 2.51. The summed E-state index contributed by atoms with van der Waals surface area (Å²) in [5.74, 6) is 0. The van der Waals surface area contributed by atoms with Gasteiger partial charge in [-0.25, -0.2) is 0 Å². The molecule has 1 aliphatic rings. The molecule has 1 heterocycles. The second-order valence-electron chi connectivity index (χ2n) is 6.26. The van der Waals surface area contributed by atoms with E-state index in [0.29, 0.717) is 18.2 Å². The van der Waals surface area contributed by atoms with Crippen LogP contribution in [-0.4, -0.2) is 36.2 Å². The highest BCUT2D eigenvalue weighted by atomic mass is 16.5. The van der Waals surface area contributed by atoms with E-state index in [-0.39, 0.29) is 0 Å². The summed E-state index contributed by atoms with van der Waals surface area (Å²) < 4.78 is 5.81. The van der Waals surface area contributed by atoms with Crippen LogP contribution >= 0.6 is 0 Å². The topological polar surface area (TPSA) is 24.5 Å². The maximum absolute atomic E-state index is 5.81. The Balaban J connectivity index is 2.01. The average molecular weight is 276 g/mol. The van der Waals surface area contributed by atoms with E-state index in [2.05, 4.69) is 62.2 Å². The SMILES string of the molecule is CC(C)NCc1ccccc1CN1CC(C)OC(C)C1. The van der Waals surface area contributed by atoms with Gasteiger partial charge in [0, 0.05) is 32.2 Å². The molecule has 2 rings (SSSR count). The maximum atomic E-state index is 5.81. The van der Waals surface area contributed by atoms with Crippen LogP contribution in [0.25, 0.3) is 0 Å². The molecular weight excluding hydrogens is 248 g/mol. The lowest BCUT2D eigenvalue weighted by molar-refractivity contribution is -0.0705. The number of morpholine rings is 1. The molecule has 0 bridgehead atoms. The predicted molar refractivity (Wildman–Crippen MR) is 83.7 cm³/mol. The zero-order chi connectivity index (χ0) is 14.5. The van der Waals surface area contributed by atoms with E-state index in [4.69, 9.17) is 4.74 Å². The molecule has 0 radical (unpaired) electrons. The number of hydrogen-bond donors (Lipinski definition) is 1. The van der Waals surface area contributed by atoms with E-state index in [1.54, 1.807) is 0 Å². The lowest BCUT2D eigenvalue weighted by Gasteiger charge is -2.35. The highest BCUT2D eigenvalue weighted by Crippen LogP contribution is 2.17. The Labute approximate surface area is 123 Å². The zero-order valence-corrected chi connectivity index (χ0v) is 13.2. The Kier molecular flexibility index (Phi) is 5.58.